The van der Waals surface area contributed by atoms with Gasteiger partial charge in [0.25, 0.3) is 5.91 Å². The van der Waals surface area contributed by atoms with E-state index in [-0.39, 0.29) is 5.91 Å². The molecule has 6 rings (SSSR count). The van der Waals surface area contributed by atoms with Gasteiger partial charge in [0.2, 0.25) is 0 Å². The first kappa shape index (κ1) is 24.1. The van der Waals surface area contributed by atoms with Crippen LogP contribution in [-0.4, -0.2) is 20.4 Å². The van der Waals surface area contributed by atoms with Crippen molar-refractivity contribution in [2.45, 2.75) is 13.2 Å². The first-order valence-electron chi connectivity index (χ1n) is 12.7. The molecule has 0 radical (unpaired) electrons. The molecule has 0 saturated carbocycles. The number of ether oxygens (including phenoxy) is 1. The summed E-state index contributed by atoms with van der Waals surface area (Å²) in [5, 5.41) is 2.93. The molecule has 0 saturated heterocycles. The maximum absolute atomic E-state index is 12.6. The van der Waals surface area contributed by atoms with Crippen LogP contribution in [0, 0.1) is 0 Å². The van der Waals surface area contributed by atoms with Crippen LogP contribution >= 0.6 is 0 Å². The van der Waals surface area contributed by atoms with Crippen LogP contribution in [0.1, 0.15) is 21.5 Å². The lowest BCUT2D eigenvalue weighted by molar-refractivity contribution is 0.0951. The number of benzene rings is 4. The monoisotopic (exact) mass is 510 g/mol. The molecule has 0 aliphatic carbocycles. The smallest absolute Gasteiger partial charge is 0.251 e. The number of nitrogens with one attached hydrogen (secondary N) is 1. The quantitative estimate of drug-likeness (QED) is 0.251. The zero-order chi connectivity index (χ0) is 26.4. The zero-order valence-electron chi connectivity index (χ0n) is 21.2. The van der Waals surface area contributed by atoms with Gasteiger partial charge in [-0.3, -0.25) is 14.3 Å². The van der Waals surface area contributed by atoms with Gasteiger partial charge in [-0.2, -0.15) is 0 Å². The third kappa shape index (κ3) is 5.55. The molecule has 0 fully saturated rings. The molecule has 0 bridgehead atoms. The first-order valence-corrected chi connectivity index (χ1v) is 12.7. The molecule has 1 amide bonds. The minimum atomic E-state index is -0.147. The predicted octanol–water partition coefficient (Wildman–Crippen LogP) is 6.60. The number of pyridine rings is 1. The van der Waals surface area contributed by atoms with Crippen molar-refractivity contribution in [2.24, 2.45) is 0 Å². The highest BCUT2D eigenvalue weighted by Gasteiger charge is 2.11. The van der Waals surface area contributed by atoms with E-state index in [9.17, 15) is 4.79 Å². The van der Waals surface area contributed by atoms with E-state index in [1.54, 1.807) is 18.7 Å². The SMILES string of the molecule is O=C(NCc1cccnc1)c1ccc2c(c1)ncn2-c1ccc(OCc2ccc(-c3ccccc3)cc2)cc1. The molecule has 1 N–H and O–H groups in total. The van der Waals surface area contributed by atoms with Gasteiger partial charge in [-0.15, -0.1) is 0 Å². The van der Waals surface area contributed by atoms with E-state index in [1.807, 2.05) is 77.4 Å². The van der Waals surface area contributed by atoms with Gasteiger partial charge in [-0.1, -0.05) is 60.7 Å². The Morgan fingerprint density at radius 3 is 2.36 bits per heavy atom. The highest BCUT2D eigenvalue weighted by molar-refractivity contribution is 5.97. The molecule has 2 aromatic heterocycles. The summed E-state index contributed by atoms with van der Waals surface area (Å²) in [7, 11) is 0. The van der Waals surface area contributed by atoms with Crippen LogP contribution in [0.5, 0.6) is 5.75 Å². The fourth-order valence-electron chi connectivity index (χ4n) is 4.44. The summed E-state index contributed by atoms with van der Waals surface area (Å²) >= 11 is 0. The van der Waals surface area contributed by atoms with Crippen LogP contribution in [0.2, 0.25) is 0 Å². The molecule has 0 spiro atoms. The molecule has 190 valence electrons. The van der Waals surface area contributed by atoms with Gasteiger partial charge < -0.3 is 10.1 Å². The van der Waals surface area contributed by atoms with Crippen molar-refractivity contribution in [2.75, 3.05) is 0 Å². The molecule has 0 aliphatic rings. The maximum atomic E-state index is 12.6. The van der Waals surface area contributed by atoms with E-state index in [4.69, 9.17) is 4.74 Å². The molecule has 0 atom stereocenters. The number of rotatable bonds is 8. The fraction of sp³-hybridized carbons (Fsp3) is 0.0606. The van der Waals surface area contributed by atoms with E-state index in [0.717, 1.165) is 33.6 Å². The van der Waals surface area contributed by atoms with Crippen molar-refractivity contribution < 1.29 is 9.53 Å². The summed E-state index contributed by atoms with van der Waals surface area (Å²) < 4.78 is 8.02. The molecule has 39 heavy (non-hydrogen) atoms. The topological polar surface area (TPSA) is 69.0 Å². The number of amides is 1. The minimum Gasteiger partial charge on any atom is -0.489 e. The Hall–Kier alpha value is -5.23. The summed E-state index contributed by atoms with van der Waals surface area (Å²) in [5.74, 6) is 0.648. The van der Waals surface area contributed by atoms with Crippen LogP contribution in [0.3, 0.4) is 0 Å². The van der Waals surface area contributed by atoms with Gasteiger partial charge in [0.05, 0.1) is 11.0 Å². The van der Waals surface area contributed by atoms with E-state index in [1.165, 1.54) is 11.1 Å². The highest BCUT2D eigenvalue weighted by Crippen LogP contribution is 2.23. The van der Waals surface area contributed by atoms with Gasteiger partial charge in [-0.25, -0.2) is 4.98 Å². The Morgan fingerprint density at radius 1 is 0.795 bits per heavy atom. The Kier molecular flexibility index (Phi) is 6.82. The van der Waals surface area contributed by atoms with Crippen molar-refractivity contribution in [1.29, 1.82) is 0 Å². The average molecular weight is 511 g/mol. The van der Waals surface area contributed by atoms with E-state index in [0.29, 0.717) is 18.7 Å². The Balaban J connectivity index is 1.09. The highest BCUT2D eigenvalue weighted by atomic mass is 16.5. The molecule has 0 aliphatic heterocycles. The first-order chi connectivity index (χ1) is 19.2. The Labute approximate surface area is 226 Å². The molecule has 2 heterocycles. The lowest BCUT2D eigenvalue weighted by Crippen LogP contribution is -2.22. The van der Waals surface area contributed by atoms with Gasteiger partial charge in [0, 0.05) is 30.2 Å². The van der Waals surface area contributed by atoms with Crippen LogP contribution in [0.25, 0.3) is 27.8 Å². The van der Waals surface area contributed by atoms with Crippen LogP contribution in [0.15, 0.2) is 128 Å². The van der Waals surface area contributed by atoms with Gasteiger partial charge in [-0.05, 0) is 70.8 Å². The van der Waals surface area contributed by atoms with Crippen LogP contribution in [-0.2, 0) is 13.2 Å². The Bertz CT molecular complexity index is 1700. The van der Waals surface area contributed by atoms with Crippen molar-refractivity contribution in [3.63, 3.8) is 0 Å². The second-order valence-electron chi connectivity index (χ2n) is 9.21. The fourth-order valence-corrected chi connectivity index (χ4v) is 4.44. The van der Waals surface area contributed by atoms with Crippen molar-refractivity contribution >= 4 is 16.9 Å². The van der Waals surface area contributed by atoms with Crippen molar-refractivity contribution in [1.82, 2.24) is 19.9 Å². The van der Waals surface area contributed by atoms with Crippen molar-refractivity contribution in [3.8, 4) is 22.6 Å². The normalized spacial score (nSPS) is 10.9. The van der Waals surface area contributed by atoms with Crippen LogP contribution < -0.4 is 10.1 Å². The number of carbonyl (C=O) groups excluding carboxylic acids is 1. The minimum absolute atomic E-state index is 0.147. The summed E-state index contributed by atoms with van der Waals surface area (Å²) in [6.07, 6.45) is 5.22. The summed E-state index contributed by atoms with van der Waals surface area (Å²) in [6, 6.07) is 36.0. The van der Waals surface area contributed by atoms with Gasteiger partial charge in [0.1, 0.15) is 18.7 Å². The second kappa shape index (κ2) is 11.0. The molecule has 6 nitrogen and oxygen atoms in total. The second-order valence-corrected chi connectivity index (χ2v) is 9.21. The molecule has 6 aromatic rings. The number of hydrogen-bond acceptors (Lipinski definition) is 4. The number of hydrogen-bond donors (Lipinski definition) is 1. The zero-order valence-corrected chi connectivity index (χ0v) is 21.2. The summed E-state index contributed by atoms with van der Waals surface area (Å²) in [5.41, 5.74) is 7.66. The van der Waals surface area contributed by atoms with E-state index in [2.05, 4.69) is 51.7 Å². The van der Waals surface area contributed by atoms with Crippen LogP contribution in [0.4, 0.5) is 0 Å². The predicted molar refractivity (Wildman–Crippen MR) is 153 cm³/mol. The molecular formula is C33H26N4O2. The maximum Gasteiger partial charge on any atom is 0.251 e. The van der Waals surface area contributed by atoms with Crippen molar-refractivity contribution in [3.05, 3.63) is 145 Å². The molecule has 6 heteroatoms. The standard InChI is InChI=1S/C33H26N4O2/c38-33(35-21-25-5-4-18-34-20-25)28-12-17-32-31(19-28)36-23-37(32)29-13-15-30(16-14-29)39-22-24-8-10-27(11-9-24)26-6-2-1-3-7-26/h1-20,23H,21-22H2,(H,35,38). The number of nitrogens with zero attached hydrogens (tertiary/aromatic N) is 3. The van der Waals surface area contributed by atoms with E-state index < -0.39 is 0 Å². The average Bonchev–Trinajstić information content (AvgIpc) is 3.44. The molecular weight excluding hydrogens is 484 g/mol. The molecule has 0 unspecified atom stereocenters. The third-order valence-electron chi connectivity index (χ3n) is 6.57. The number of imidazole rings is 1. The van der Waals surface area contributed by atoms with Gasteiger partial charge >= 0.3 is 0 Å². The Morgan fingerprint density at radius 2 is 1.59 bits per heavy atom. The number of carbonyl (C=O) groups is 1. The largest absolute Gasteiger partial charge is 0.489 e. The number of fused-ring (bicyclic) bond motifs is 1. The summed E-state index contributed by atoms with van der Waals surface area (Å²) in [6.45, 7) is 0.917. The third-order valence-corrected chi connectivity index (χ3v) is 6.57. The lowest BCUT2D eigenvalue weighted by Gasteiger charge is -2.10. The number of aromatic nitrogens is 3. The van der Waals surface area contributed by atoms with E-state index >= 15 is 0 Å². The summed E-state index contributed by atoms with van der Waals surface area (Å²) in [4.78, 5) is 21.2. The lowest BCUT2D eigenvalue weighted by atomic mass is 10.0. The van der Waals surface area contributed by atoms with Gasteiger partial charge in [0.15, 0.2) is 0 Å². The molecule has 4 aromatic carbocycles.